The molecule has 0 fully saturated rings. The number of nitrogens with one attached hydrogen (secondary N) is 2. The highest BCUT2D eigenvalue weighted by Crippen LogP contribution is 2.14. The second-order valence-electron chi connectivity index (χ2n) is 4.19. The van der Waals surface area contributed by atoms with E-state index in [0.29, 0.717) is 22.8 Å². The van der Waals surface area contributed by atoms with Crippen LogP contribution in [0.2, 0.25) is 5.02 Å². The van der Waals surface area contributed by atoms with Gasteiger partial charge in [0.25, 0.3) is 5.91 Å². The highest BCUT2D eigenvalue weighted by atomic mass is 35.5. The van der Waals surface area contributed by atoms with Gasteiger partial charge >= 0.3 is 0 Å². The van der Waals surface area contributed by atoms with Crippen molar-refractivity contribution < 1.29 is 4.79 Å². The van der Waals surface area contributed by atoms with Crippen molar-refractivity contribution in [1.82, 2.24) is 10.3 Å². The Morgan fingerprint density at radius 2 is 2.05 bits per heavy atom. The van der Waals surface area contributed by atoms with Crippen molar-refractivity contribution >= 4 is 17.5 Å². The fraction of sp³-hybridized carbons (Fsp3) is 0.143. The maximum absolute atomic E-state index is 11.9. The van der Waals surface area contributed by atoms with Gasteiger partial charge in [0.2, 0.25) is 5.56 Å². The molecule has 1 heterocycles. The van der Waals surface area contributed by atoms with Crippen LogP contribution in [-0.2, 0) is 6.54 Å². The van der Waals surface area contributed by atoms with Crippen LogP contribution in [0.5, 0.6) is 0 Å². The van der Waals surface area contributed by atoms with Crippen molar-refractivity contribution in [2.24, 2.45) is 0 Å². The van der Waals surface area contributed by atoms with Crippen LogP contribution in [0, 0.1) is 6.92 Å². The molecule has 0 saturated heterocycles. The number of aryl methyl sites for hydroxylation is 1. The second kappa shape index (κ2) is 5.71. The summed E-state index contributed by atoms with van der Waals surface area (Å²) in [6, 6.07) is 10.2. The zero-order valence-corrected chi connectivity index (χ0v) is 11.1. The zero-order valence-electron chi connectivity index (χ0n) is 10.4. The third kappa shape index (κ3) is 3.45. The first-order valence-corrected chi connectivity index (χ1v) is 6.16. The summed E-state index contributed by atoms with van der Waals surface area (Å²) >= 11 is 6.00. The molecule has 0 aliphatic heterocycles. The molecule has 0 atom stereocenters. The van der Waals surface area contributed by atoms with Gasteiger partial charge < -0.3 is 10.3 Å². The summed E-state index contributed by atoms with van der Waals surface area (Å²) in [6.45, 7) is 2.05. The van der Waals surface area contributed by atoms with Gasteiger partial charge in [0.15, 0.2) is 0 Å². The molecule has 0 spiro atoms. The number of aromatic nitrogens is 1. The molecule has 4 nitrogen and oxygen atoms in total. The summed E-state index contributed by atoms with van der Waals surface area (Å²) < 4.78 is 0. The molecular weight excluding hydrogens is 264 g/mol. The van der Waals surface area contributed by atoms with Gasteiger partial charge in [-0.05, 0) is 24.6 Å². The topological polar surface area (TPSA) is 62.0 Å². The summed E-state index contributed by atoms with van der Waals surface area (Å²) in [4.78, 5) is 25.8. The van der Waals surface area contributed by atoms with Crippen LogP contribution in [0.25, 0.3) is 0 Å². The van der Waals surface area contributed by atoms with E-state index in [1.54, 1.807) is 19.1 Å². The highest BCUT2D eigenvalue weighted by molar-refractivity contribution is 6.31. The minimum atomic E-state index is -0.297. The number of pyridine rings is 1. The number of hydrogen-bond acceptors (Lipinski definition) is 2. The Hall–Kier alpha value is -2.07. The highest BCUT2D eigenvalue weighted by Gasteiger charge is 2.07. The molecule has 0 bridgehead atoms. The number of halogens is 1. The molecule has 2 rings (SSSR count). The van der Waals surface area contributed by atoms with Gasteiger partial charge in [0.1, 0.15) is 0 Å². The lowest BCUT2D eigenvalue weighted by atomic mass is 10.2. The molecule has 0 unspecified atom stereocenters. The molecule has 0 aliphatic carbocycles. The third-order valence-corrected chi connectivity index (χ3v) is 3.01. The molecule has 19 heavy (non-hydrogen) atoms. The third-order valence-electron chi connectivity index (χ3n) is 2.64. The maximum atomic E-state index is 11.9. The van der Waals surface area contributed by atoms with E-state index in [2.05, 4.69) is 10.3 Å². The Labute approximate surface area is 115 Å². The van der Waals surface area contributed by atoms with Crippen LogP contribution in [-0.4, -0.2) is 10.9 Å². The molecular formula is C14H13ClN2O2. The van der Waals surface area contributed by atoms with Gasteiger partial charge in [-0.3, -0.25) is 9.59 Å². The molecule has 2 N–H and O–H groups in total. The Morgan fingerprint density at radius 3 is 2.74 bits per heavy atom. The van der Waals surface area contributed by atoms with Crippen molar-refractivity contribution in [2.45, 2.75) is 13.5 Å². The van der Waals surface area contributed by atoms with Crippen LogP contribution in [0.4, 0.5) is 0 Å². The smallest absolute Gasteiger partial charge is 0.251 e. The Bertz CT molecular complexity index is 664. The molecule has 1 amide bonds. The minimum Gasteiger partial charge on any atom is -0.348 e. The lowest BCUT2D eigenvalue weighted by Crippen LogP contribution is -2.24. The van der Waals surface area contributed by atoms with E-state index in [1.165, 1.54) is 6.07 Å². The average Bonchev–Trinajstić information content (AvgIpc) is 2.36. The van der Waals surface area contributed by atoms with E-state index in [1.807, 2.05) is 18.2 Å². The molecule has 0 aliphatic rings. The summed E-state index contributed by atoms with van der Waals surface area (Å²) in [5, 5.41) is 3.34. The van der Waals surface area contributed by atoms with Crippen LogP contribution >= 0.6 is 11.6 Å². The van der Waals surface area contributed by atoms with E-state index < -0.39 is 0 Å². The van der Waals surface area contributed by atoms with Crippen LogP contribution in [0.15, 0.2) is 41.2 Å². The summed E-state index contributed by atoms with van der Waals surface area (Å²) in [6.07, 6.45) is 0. The number of hydrogen-bond donors (Lipinski definition) is 2. The standard InChI is InChI=1S/C14H13ClN2O2/c1-9-6-11(7-13(18)17-9)14(19)16-8-10-4-2-3-5-12(10)15/h2-7H,8H2,1H3,(H,16,19)(H,17,18). The molecule has 1 aromatic carbocycles. The van der Waals surface area contributed by atoms with Crippen molar-refractivity contribution in [1.29, 1.82) is 0 Å². The van der Waals surface area contributed by atoms with Crippen molar-refractivity contribution in [3.63, 3.8) is 0 Å². The van der Waals surface area contributed by atoms with Crippen LogP contribution in [0.1, 0.15) is 21.6 Å². The molecule has 2 aromatic rings. The number of rotatable bonds is 3. The molecule has 98 valence electrons. The van der Waals surface area contributed by atoms with E-state index in [9.17, 15) is 9.59 Å². The first-order valence-electron chi connectivity index (χ1n) is 5.79. The van der Waals surface area contributed by atoms with Crippen molar-refractivity contribution in [3.8, 4) is 0 Å². The van der Waals surface area contributed by atoms with Crippen LogP contribution in [0.3, 0.4) is 0 Å². The fourth-order valence-electron chi connectivity index (χ4n) is 1.73. The Balaban J connectivity index is 2.10. The summed E-state index contributed by atoms with van der Waals surface area (Å²) in [5.41, 5.74) is 1.53. The number of carbonyl (C=O) groups excluding carboxylic acids is 1. The summed E-state index contributed by atoms with van der Waals surface area (Å²) in [5.74, 6) is -0.297. The fourth-order valence-corrected chi connectivity index (χ4v) is 1.94. The molecule has 1 aromatic heterocycles. The van der Waals surface area contributed by atoms with Gasteiger partial charge in [-0.2, -0.15) is 0 Å². The van der Waals surface area contributed by atoms with Gasteiger partial charge in [-0.1, -0.05) is 29.8 Å². The van der Waals surface area contributed by atoms with E-state index in [0.717, 1.165) is 5.56 Å². The van der Waals surface area contributed by atoms with Crippen LogP contribution < -0.4 is 10.9 Å². The minimum absolute atomic E-state index is 0.289. The Kier molecular flexibility index (Phi) is 4.02. The van der Waals surface area contributed by atoms with Gasteiger partial charge in [0, 0.05) is 28.9 Å². The Morgan fingerprint density at radius 1 is 1.32 bits per heavy atom. The zero-order chi connectivity index (χ0) is 13.8. The maximum Gasteiger partial charge on any atom is 0.251 e. The van der Waals surface area contributed by atoms with Crippen molar-refractivity contribution in [2.75, 3.05) is 0 Å². The summed E-state index contributed by atoms with van der Waals surface area (Å²) in [7, 11) is 0. The largest absolute Gasteiger partial charge is 0.348 e. The van der Waals surface area contributed by atoms with Crippen molar-refractivity contribution in [3.05, 3.63) is 68.6 Å². The normalized spacial score (nSPS) is 10.2. The van der Waals surface area contributed by atoms with Gasteiger partial charge in [0.05, 0.1) is 0 Å². The van der Waals surface area contributed by atoms with Gasteiger partial charge in [-0.25, -0.2) is 0 Å². The first-order chi connectivity index (χ1) is 9.06. The molecule has 0 radical (unpaired) electrons. The lowest BCUT2D eigenvalue weighted by Gasteiger charge is -2.07. The predicted octanol–water partition coefficient (Wildman–Crippen LogP) is 2.27. The number of H-pyrrole nitrogens is 1. The van der Waals surface area contributed by atoms with E-state index in [4.69, 9.17) is 11.6 Å². The quantitative estimate of drug-likeness (QED) is 0.903. The molecule has 0 saturated carbocycles. The predicted molar refractivity (Wildman–Crippen MR) is 74.4 cm³/mol. The number of benzene rings is 1. The molecule has 5 heteroatoms. The number of amides is 1. The van der Waals surface area contributed by atoms with E-state index >= 15 is 0 Å². The van der Waals surface area contributed by atoms with E-state index in [-0.39, 0.29) is 11.5 Å². The lowest BCUT2D eigenvalue weighted by molar-refractivity contribution is 0.0950. The monoisotopic (exact) mass is 276 g/mol. The number of carbonyl (C=O) groups is 1. The van der Waals surface area contributed by atoms with Gasteiger partial charge in [-0.15, -0.1) is 0 Å². The average molecular weight is 277 g/mol. The second-order valence-corrected chi connectivity index (χ2v) is 4.60. The first kappa shape index (κ1) is 13.4. The SMILES string of the molecule is Cc1cc(C(=O)NCc2ccccc2Cl)cc(=O)[nH]1. The number of aromatic amines is 1.